The second-order valence-electron chi connectivity index (χ2n) is 17.7. The normalized spacial score (nSPS) is 12.5. The third kappa shape index (κ3) is 50.0. The van der Waals surface area contributed by atoms with E-state index in [1.54, 1.807) is 0 Å². The van der Waals surface area contributed by atoms with Crippen molar-refractivity contribution in [1.29, 1.82) is 0 Å². The van der Waals surface area contributed by atoms with E-state index in [1.165, 1.54) is 122 Å². The second-order valence-corrected chi connectivity index (χ2v) is 17.7. The molecule has 63 heavy (non-hydrogen) atoms. The number of hydrogen-bond acceptors (Lipinski definition) is 6. The third-order valence-electron chi connectivity index (χ3n) is 11.5. The summed E-state index contributed by atoms with van der Waals surface area (Å²) >= 11 is 0. The molecule has 364 valence electrons. The van der Waals surface area contributed by atoms with Gasteiger partial charge in [0.1, 0.15) is 13.2 Å². The first-order valence-electron chi connectivity index (χ1n) is 26.8. The van der Waals surface area contributed by atoms with Crippen LogP contribution in [0.3, 0.4) is 0 Å². The number of rotatable bonds is 48. The molecule has 0 bridgehead atoms. The van der Waals surface area contributed by atoms with Crippen LogP contribution in [0.15, 0.2) is 60.8 Å². The van der Waals surface area contributed by atoms with Gasteiger partial charge in [-0.25, -0.2) is 0 Å². The van der Waals surface area contributed by atoms with Crippen LogP contribution in [0.2, 0.25) is 0 Å². The predicted octanol–water partition coefficient (Wildman–Crippen LogP) is 17.6. The summed E-state index contributed by atoms with van der Waals surface area (Å²) in [6.45, 7) is 6.49. The van der Waals surface area contributed by atoms with Crippen molar-refractivity contribution in [3.63, 3.8) is 0 Å². The lowest BCUT2D eigenvalue weighted by atomic mass is 10.1. The Bertz CT molecular complexity index is 1150. The summed E-state index contributed by atoms with van der Waals surface area (Å²) in [7, 11) is 0. The number of hydrogen-bond donors (Lipinski definition) is 0. The van der Waals surface area contributed by atoms with Crippen LogP contribution in [-0.4, -0.2) is 37.2 Å². The second kappa shape index (κ2) is 51.7. The summed E-state index contributed by atoms with van der Waals surface area (Å²) in [5.41, 5.74) is 0. The summed E-state index contributed by atoms with van der Waals surface area (Å²) in [6.07, 6.45) is 63.4. The molecule has 0 saturated carbocycles. The molecule has 0 aliphatic rings. The molecule has 0 spiro atoms. The fourth-order valence-corrected chi connectivity index (χ4v) is 7.45. The van der Waals surface area contributed by atoms with E-state index < -0.39 is 6.10 Å². The Morgan fingerprint density at radius 2 is 0.619 bits per heavy atom. The van der Waals surface area contributed by atoms with Gasteiger partial charge in [0, 0.05) is 19.3 Å². The lowest BCUT2D eigenvalue weighted by molar-refractivity contribution is -0.167. The van der Waals surface area contributed by atoms with E-state index in [2.05, 4.69) is 81.5 Å². The van der Waals surface area contributed by atoms with Crippen molar-refractivity contribution in [2.24, 2.45) is 0 Å². The molecule has 6 heteroatoms. The quantitative estimate of drug-likeness (QED) is 0.0262. The smallest absolute Gasteiger partial charge is 0.306 e. The fourth-order valence-electron chi connectivity index (χ4n) is 7.45. The molecule has 0 aliphatic carbocycles. The van der Waals surface area contributed by atoms with Gasteiger partial charge < -0.3 is 14.2 Å². The van der Waals surface area contributed by atoms with Gasteiger partial charge in [0.15, 0.2) is 6.10 Å². The molecule has 0 aromatic rings. The summed E-state index contributed by atoms with van der Waals surface area (Å²) in [5.74, 6) is -0.910. The Hall–Kier alpha value is -2.89. The van der Waals surface area contributed by atoms with Gasteiger partial charge >= 0.3 is 17.9 Å². The molecule has 6 nitrogen and oxygen atoms in total. The standard InChI is InChI=1S/C57H100O6/c1-4-7-10-13-16-19-22-25-27-28-30-32-35-38-41-44-47-50-56(59)62-53-54(52-61-55(58)49-46-43-40-37-34-31-24-21-18-15-12-9-6-3)63-57(60)51-48-45-42-39-36-33-29-26-23-20-17-14-11-8-5-2/h8,11,17,20-21,24-27,29,54H,4-7,9-10,12-16,18-19,22-23,28,30-53H2,1-3H3/b11-8-,20-17-,24-21-,27-25-,29-26-/t54-/m1/s1. The van der Waals surface area contributed by atoms with E-state index in [-0.39, 0.29) is 31.1 Å². The molecule has 0 amide bonds. The van der Waals surface area contributed by atoms with Gasteiger partial charge in [0.25, 0.3) is 0 Å². The maximum Gasteiger partial charge on any atom is 0.306 e. The van der Waals surface area contributed by atoms with Gasteiger partial charge in [-0.1, -0.05) is 204 Å². The number of carbonyl (C=O) groups excluding carboxylic acids is 3. The van der Waals surface area contributed by atoms with Crippen molar-refractivity contribution in [2.45, 2.75) is 271 Å². The van der Waals surface area contributed by atoms with Gasteiger partial charge in [0.2, 0.25) is 0 Å². The number of unbranched alkanes of at least 4 members (excludes halogenated alkanes) is 27. The van der Waals surface area contributed by atoms with Crippen LogP contribution in [0, 0.1) is 0 Å². The van der Waals surface area contributed by atoms with Crippen LogP contribution < -0.4 is 0 Å². The van der Waals surface area contributed by atoms with Gasteiger partial charge in [-0.2, -0.15) is 0 Å². The molecule has 0 aromatic heterocycles. The molecule has 0 heterocycles. The zero-order chi connectivity index (χ0) is 45.8. The SMILES string of the molecule is CC/C=C\C/C=C\C/C=C\CCCCCCCC(=O)O[C@H](COC(=O)CCCCCCC/C=C\CCCCCC)COC(=O)CCCCCCCCC/C=C\CCCCCCCC. The van der Waals surface area contributed by atoms with Crippen LogP contribution in [0.4, 0.5) is 0 Å². The van der Waals surface area contributed by atoms with E-state index in [4.69, 9.17) is 14.2 Å². The van der Waals surface area contributed by atoms with Gasteiger partial charge in [-0.3, -0.25) is 14.4 Å². The van der Waals surface area contributed by atoms with Crippen molar-refractivity contribution in [1.82, 2.24) is 0 Å². The van der Waals surface area contributed by atoms with Crippen LogP contribution in [-0.2, 0) is 28.6 Å². The molecule has 0 rings (SSSR count). The molecule has 0 aromatic carbocycles. The highest BCUT2D eigenvalue weighted by Crippen LogP contribution is 2.14. The first-order chi connectivity index (χ1) is 31.0. The van der Waals surface area contributed by atoms with E-state index in [0.29, 0.717) is 19.3 Å². The molecule has 0 saturated heterocycles. The average Bonchev–Trinajstić information content (AvgIpc) is 3.28. The van der Waals surface area contributed by atoms with E-state index in [0.717, 1.165) is 103 Å². The zero-order valence-electron chi connectivity index (χ0n) is 41.6. The molecular weight excluding hydrogens is 781 g/mol. The summed E-state index contributed by atoms with van der Waals surface area (Å²) < 4.78 is 16.8. The molecule has 0 fully saturated rings. The Labute approximate surface area is 390 Å². The first-order valence-corrected chi connectivity index (χ1v) is 26.8. The number of allylic oxidation sites excluding steroid dienone is 10. The van der Waals surface area contributed by atoms with Crippen LogP contribution in [0.5, 0.6) is 0 Å². The van der Waals surface area contributed by atoms with Crippen molar-refractivity contribution >= 4 is 17.9 Å². The van der Waals surface area contributed by atoms with Crippen molar-refractivity contribution < 1.29 is 28.6 Å². The summed E-state index contributed by atoms with van der Waals surface area (Å²) in [4.78, 5) is 38.0. The minimum atomic E-state index is -0.787. The molecule has 0 unspecified atom stereocenters. The molecule has 0 aliphatic heterocycles. The summed E-state index contributed by atoms with van der Waals surface area (Å²) in [5, 5.41) is 0. The highest BCUT2D eigenvalue weighted by molar-refractivity contribution is 5.71. The average molecular weight is 881 g/mol. The number of carbonyl (C=O) groups is 3. The maximum absolute atomic E-state index is 12.8. The molecule has 0 N–H and O–H groups in total. The minimum absolute atomic E-state index is 0.0857. The third-order valence-corrected chi connectivity index (χ3v) is 11.5. The van der Waals surface area contributed by atoms with Gasteiger partial charge in [-0.05, 0) is 103 Å². The predicted molar refractivity (Wildman–Crippen MR) is 270 cm³/mol. The van der Waals surface area contributed by atoms with Crippen LogP contribution in [0.1, 0.15) is 265 Å². The Morgan fingerprint density at radius 3 is 1.00 bits per heavy atom. The lowest BCUT2D eigenvalue weighted by Gasteiger charge is -2.18. The maximum atomic E-state index is 12.8. The highest BCUT2D eigenvalue weighted by Gasteiger charge is 2.19. The highest BCUT2D eigenvalue weighted by atomic mass is 16.6. The van der Waals surface area contributed by atoms with Crippen molar-refractivity contribution in [3.05, 3.63) is 60.8 Å². The van der Waals surface area contributed by atoms with Crippen molar-refractivity contribution in [2.75, 3.05) is 13.2 Å². The Balaban J connectivity index is 4.40. The topological polar surface area (TPSA) is 78.9 Å². The zero-order valence-corrected chi connectivity index (χ0v) is 41.6. The van der Waals surface area contributed by atoms with E-state index in [9.17, 15) is 14.4 Å². The van der Waals surface area contributed by atoms with Crippen LogP contribution in [0.25, 0.3) is 0 Å². The van der Waals surface area contributed by atoms with Crippen LogP contribution >= 0.6 is 0 Å². The lowest BCUT2D eigenvalue weighted by Crippen LogP contribution is -2.30. The fraction of sp³-hybridized carbons (Fsp3) is 0.772. The van der Waals surface area contributed by atoms with Gasteiger partial charge in [0.05, 0.1) is 0 Å². The van der Waals surface area contributed by atoms with Gasteiger partial charge in [-0.15, -0.1) is 0 Å². The first kappa shape index (κ1) is 60.1. The number of esters is 3. The number of ether oxygens (including phenoxy) is 3. The molecule has 0 radical (unpaired) electrons. The minimum Gasteiger partial charge on any atom is -0.462 e. The Kier molecular flexibility index (Phi) is 49.4. The van der Waals surface area contributed by atoms with E-state index in [1.807, 2.05) is 0 Å². The largest absolute Gasteiger partial charge is 0.462 e. The van der Waals surface area contributed by atoms with E-state index >= 15 is 0 Å². The van der Waals surface area contributed by atoms with Crippen molar-refractivity contribution in [3.8, 4) is 0 Å². The Morgan fingerprint density at radius 1 is 0.333 bits per heavy atom. The summed E-state index contributed by atoms with van der Waals surface area (Å²) in [6, 6.07) is 0. The molecular formula is C57H100O6. The monoisotopic (exact) mass is 881 g/mol. The molecule has 1 atom stereocenters.